The molecule has 180 valence electrons. The Balaban J connectivity index is 1.53. The molecule has 3 N–H and O–H groups in total. The monoisotopic (exact) mass is 465 g/mol. The number of rotatable bonds is 7. The number of amidine groups is 1. The number of hydrogen-bond acceptors (Lipinski definition) is 5. The number of carbonyl (C=O) groups is 1. The van der Waals surface area contributed by atoms with Crippen molar-refractivity contribution < 1.29 is 9.18 Å². The highest BCUT2D eigenvalue weighted by Crippen LogP contribution is 2.29. The number of carbonyl (C=O) groups excluding carboxylic acids is 1. The predicted molar refractivity (Wildman–Crippen MR) is 132 cm³/mol. The third-order valence-corrected chi connectivity index (χ3v) is 6.37. The van der Waals surface area contributed by atoms with Crippen LogP contribution in [0.4, 0.5) is 15.9 Å². The Bertz CT molecular complexity index is 1120. The number of likely N-dealkylation sites (tertiary alicyclic amines) is 1. The molecule has 1 saturated heterocycles. The lowest BCUT2D eigenvalue weighted by molar-refractivity contribution is -0.119. The molecule has 1 aliphatic heterocycles. The lowest BCUT2D eigenvalue weighted by Gasteiger charge is -2.26. The molecule has 1 fully saturated rings. The van der Waals surface area contributed by atoms with Gasteiger partial charge in [0.25, 0.3) is 0 Å². The van der Waals surface area contributed by atoms with Crippen molar-refractivity contribution in [3.8, 4) is 0 Å². The summed E-state index contributed by atoms with van der Waals surface area (Å²) in [5.74, 6) is 1.55. The molecular weight excluding hydrogens is 433 g/mol. The van der Waals surface area contributed by atoms with E-state index < -0.39 is 12.0 Å². The summed E-state index contributed by atoms with van der Waals surface area (Å²) < 4.78 is 13.1. The van der Waals surface area contributed by atoms with Crippen LogP contribution < -0.4 is 10.6 Å². The largest absolute Gasteiger partial charge is 0.345 e. The van der Waals surface area contributed by atoms with Crippen LogP contribution >= 0.6 is 0 Å². The third kappa shape index (κ3) is 5.35. The normalized spacial score (nSPS) is 18.7. The first-order chi connectivity index (χ1) is 16.3. The molecule has 1 unspecified atom stereocenters. The zero-order valence-corrected chi connectivity index (χ0v) is 20.0. The van der Waals surface area contributed by atoms with Gasteiger partial charge in [-0.15, -0.1) is 0 Å². The van der Waals surface area contributed by atoms with Gasteiger partial charge in [-0.1, -0.05) is 26.0 Å². The van der Waals surface area contributed by atoms with E-state index in [9.17, 15) is 9.18 Å². The average Bonchev–Trinajstić information content (AvgIpc) is 3.55. The highest BCUT2D eigenvalue weighted by molar-refractivity contribution is 6.08. The molecular formula is C25H32FN7O. The molecule has 0 radical (unpaired) electrons. The van der Waals surface area contributed by atoms with E-state index in [2.05, 4.69) is 53.2 Å². The topological polar surface area (TPSA) is 98.3 Å². The molecule has 1 amide bonds. The molecule has 1 aliphatic carbocycles. The van der Waals surface area contributed by atoms with Crippen LogP contribution in [0.25, 0.3) is 0 Å². The van der Waals surface area contributed by atoms with Crippen molar-refractivity contribution in [3.05, 3.63) is 59.6 Å². The minimum absolute atomic E-state index is 0.179. The summed E-state index contributed by atoms with van der Waals surface area (Å²) in [6, 6.07) is 4.32. The molecule has 2 aliphatic rings. The van der Waals surface area contributed by atoms with Crippen LogP contribution in [0.1, 0.15) is 64.5 Å². The lowest BCUT2D eigenvalue weighted by Crippen LogP contribution is -2.39. The van der Waals surface area contributed by atoms with Gasteiger partial charge in [0.05, 0.1) is 11.9 Å². The molecule has 0 saturated carbocycles. The fourth-order valence-corrected chi connectivity index (χ4v) is 4.42. The van der Waals surface area contributed by atoms with Crippen molar-refractivity contribution >= 4 is 23.2 Å². The summed E-state index contributed by atoms with van der Waals surface area (Å²) in [6.07, 6.45) is 5.93. The summed E-state index contributed by atoms with van der Waals surface area (Å²) in [6.45, 7) is 11.2. The van der Waals surface area contributed by atoms with Crippen LogP contribution in [0.2, 0.25) is 0 Å². The van der Waals surface area contributed by atoms with Crippen LogP contribution in [0.15, 0.2) is 52.9 Å². The molecule has 2 aromatic heterocycles. The smallest absolute Gasteiger partial charge is 0.247 e. The van der Waals surface area contributed by atoms with Crippen molar-refractivity contribution in [1.29, 1.82) is 0 Å². The highest BCUT2D eigenvalue weighted by atomic mass is 19.1. The van der Waals surface area contributed by atoms with Crippen LogP contribution in [0.3, 0.4) is 0 Å². The number of allylic oxidation sites excluding steroid dienone is 1. The number of nitrogens with zero attached hydrogens (tertiary/aromatic N) is 4. The molecule has 34 heavy (non-hydrogen) atoms. The van der Waals surface area contributed by atoms with E-state index >= 15 is 0 Å². The van der Waals surface area contributed by atoms with E-state index in [0.29, 0.717) is 36.2 Å². The van der Waals surface area contributed by atoms with Gasteiger partial charge >= 0.3 is 0 Å². The quantitative estimate of drug-likeness (QED) is 0.305. The fourth-order valence-electron chi connectivity index (χ4n) is 4.42. The van der Waals surface area contributed by atoms with Crippen LogP contribution in [-0.2, 0) is 4.79 Å². The second-order valence-electron chi connectivity index (χ2n) is 9.19. The second kappa shape index (κ2) is 10.2. The first-order valence-corrected chi connectivity index (χ1v) is 11.8. The zero-order valence-electron chi connectivity index (χ0n) is 20.0. The van der Waals surface area contributed by atoms with Crippen LogP contribution in [-0.4, -0.2) is 44.4 Å². The van der Waals surface area contributed by atoms with Gasteiger partial charge < -0.3 is 15.5 Å². The lowest BCUT2D eigenvalue weighted by atomic mass is 10.1. The Labute approximate surface area is 199 Å². The van der Waals surface area contributed by atoms with Gasteiger partial charge in [-0.05, 0) is 62.7 Å². The minimum atomic E-state index is -0.586. The van der Waals surface area contributed by atoms with Crippen molar-refractivity contribution in [3.63, 3.8) is 0 Å². The van der Waals surface area contributed by atoms with E-state index in [1.165, 1.54) is 29.5 Å². The number of aromatic nitrogens is 3. The number of amides is 1. The van der Waals surface area contributed by atoms with Crippen LogP contribution in [0.5, 0.6) is 0 Å². The summed E-state index contributed by atoms with van der Waals surface area (Å²) in [7, 11) is 0. The van der Waals surface area contributed by atoms with Gasteiger partial charge in [0.2, 0.25) is 11.9 Å². The first kappa shape index (κ1) is 23.7. The average molecular weight is 466 g/mol. The number of nitrogens with one attached hydrogen (secondary N) is 3. The van der Waals surface area contributed by atoms with Crippen molar-refractivity contribution in [1.82, 2.24) is 20.1 Å². The molecule has 8 nitrogen and oxygen atoms in total. The maximum atomic E-state index is 13.1. The Hall–Kier alpha value is -3.49. The molecule has 9 heteroatoms. The molecule has 3 heterocycles. The van der Waals surface area contributed by atoms with Crippen LogP contribution in [0, 0.1) is 5.95 Å². The van der Waals surface area contributed by atoms with Gasteiger partial charge in [-0.25, -0.2) is 9.98 Å². The maximum absolute atomic E-state index is 13.1. The van der Waals surface area contributed by atoms with E-state index in [0.717, 1.165) is 37.2 Å². The number of halogens is 1. The van der Waals surface area contributed by atoms with Gasteiger partial charge in [0.15, 0.2) is 5.82 Å². The van der Waals surface area contributed by atoms with Crippen molar-refractivity contribution in [2.45, 2.75) is 64.8 Å². The van der Waals surface area contributed by atoms with E-state index in [1.54, 1.807) is 0 Å². The SMILES string of the molecule is C=C(N=C(Nc1cc(C(C)C)[nH]n1)C1=C(C)CCC1)N1CCCC1C(=O)Nc1ccc(F)nc1. The Morgan fingerprint density at radius 2 is 2.12 bits per heavy atom. The summed E-state index contributed by atoms with van der Waals surface area (Å²) in [4.78, 5) is 23.4. The fraction of sp³-hybridized carbons (Fsp3) is 0.440. The van der Waals surface area contributed by atoms with E-state index in [1.807, 2.05) is 11.0 Å². The van der Waals surface area contributed by atoms with Gasteiger partial charge in [0, 0.05) is 18.3 Å². The van der Waals surface area contributed by atoms with Gasteiger partial charge in [-0.2, -0.15) is 9.49 Å². The molecule has 1 atom stereocenters. The number of H-pyrrole nitrogens is 1. The molecule has 0 aromatic carbocycles. The maximum Gasteiger partial charge on any atom is 0.247 e. The number of hydrogen-bond donors (Lipinski definition) is 3. The molecule has 2 aromatic rings. The summed E-state index contributed by atoms with van der Waals surface area (Å²) >= 11 is 0. The number of pyridine rings is 1. The number of anilines is 2. The molecule has 0 spiro atoms. The minimum Gasteiger partial charge on any atom is -0.345 e. The Kier molecular flexibility index (Phi) is 7.09. The summed E-state index contributed by atoms with van der Waals surface area (Å²) in [5.41, 5.74) is 3.98. The van der Waals surface area contributed by atoms with Crippen molar-refractivity contribution in [2.24, 2.45) is 4.99 Å². The highest BCUT2D eigenvalue weighted by Gasteiger charge is 2.32. The van der Waals surface area contributed by atoms with Gasteiger partial charge in [-0.3, -0.25) is 9.89 Å². The predicted octanol–water partition coefficient (Wildman–Crippen LogP) is 4.95. The number of aliphatic imine (C=N–C) groups is 1. The zero-order chi connectivity index (χ0) is 24.2. The Morgan fingerprint density at radius 3 is 2.76 bits per heavy atom. The van der Waals surface area contributed by atoms with Gasteiger partial charge in [0.1, 0.15) is 17.7 Å². The molecule has 0 bridgehead atoms. The third-order valence-electron chi connectivity index (χ3n) is 6.37. The standard InChI is InChI=1S/C25H32FN7O/c1-15(2)20-13-23(32-31-20)30-24(19-8-5-7-16(19)3)28-17(4)33-12-6-9-21(33)25(34)29-18-10-11-22(26)27-14-18/h10-11,13-15,21H,4-9,12H2,1-3H3,(H,29,34)(H2,28,30,31,32). The first-order valence-electron chi connectivity index (χ1n) is 11.8. The Morgan fingerprint density at radius 1 is 1.29 bits per heavy atom. The number of aromatic amines is 1. The van der Waals surface area contributed by atoms with E-state index in [4.69, 9.17) is 4.99 Å². The van der Waals surface area contributed by atoms with E-state index in [-0.39, 0.29) is 5.91 Å². The molecule has 4 rings (SSSR count). The summed E-state index contributed by atoms with van der Waals surface area (Å²) in [5, 5.41) is 13.7. The second-order valence-corrected chi connectivity index (χ2v) is 9.19. The van der Waals surface area contributed by atoms with Crippen molar-refractivity contribution in [2.75, 3.05) is 17.2 Å².